The monoisotopic (exact) mass is 570 g/mol. The van der Waals surface area contributed by atoms with E-state index in [1.807, 2.05) is 74.7 Å². The van der Waals surface area contributed by atoms with Gasteiger partial charge in [-0.1, -0.05) is 113 Å². The summed E-state index contributed by atoms with van der Waals surface area (Å²) in [5, 5.41) is 1.24. The summed E-state index contributed by atoms with van der Waals surface area (Å²) >= 11 is 12.0. The van der Waals surface area contributed by atoms with E-state index in [1.165, 1.54) is 16.7 Å². The Morgan fingerprint density at radius 2 is 1.18 bits per heavy atom. The molecule has 0 N–H and O–H groups in total. The number of nitrogens with zero attached hydrogens (tertiary/aromatic N) is 2. The average Bonchev–Trinajstić information content (AvgIpc) is 2.88. The fourth-order valence-corrected chi connectivity index (χ4v) is 4.46. The molecule has 4 aromatic carbocycles. The number of halogens is 2. The first-order valence-electron chi connectivity index (χ1n) is 13.5. The lowest BCUT2D eigenvalue weighted by molar-refractivity contribution is 0.568. The molecule has 0 aliphatic carbocycles. The van der Waals surface area contributed by atoms with Crippen molar-refractivity contribution >= 4 is 47.0 Å². The third-order valence-corrected chi connectivity index (χ3v) is 7.10. The van der Waals surface area contributed by atoms with Crippen LogP contribution in [0.2, 0.25) is 10.0 Å². The second-order valence-electron chi connectivity index (χ2n) is 12.1. The molecule has 0 saturated heterocycles. The van der Waals surface area contributed by atoms with Crippen molar-refractivity contribution in [3.63, 3.8) is 0 Å². The molecule has 4 heteroatoms. The van der Waals surface area contributed by atoms with Crippen LogP contribution in [0.4, 0.5) is 11.4 Å². The number of rotatable bonds is 4. The van der Waals surface area contributed by atoms with Gasteiger partial charge in [-0.05, 0) is 88.9 Å². The highest BCUT2D eigenvalue weighted by Crippen LogP contribution is 2.30. The van der Waals surface area contributed by atoms with Crippen LogP contribution in [0.25, 0.3) is 0 Å². The standard InChI is InChI=1S/C21H27N.C15H13Cl2N/c1-20(2,3)17-12-16(13-18(14-17)21(4,5)6)15-22-19-10-8-7-9-11-19;1-10-4-3-5-11(2)15(10)18-9-12-6-7-13(16)8-14(12)17/h7-15H,1-6H3;3-9H,1-2H3. The summed E-state index contributed by atoms with van der Waals surface area (Å²) in [4.78, 5) is 9.11. The van der Waals surface area contributed by atoms with E-state index in [4.69, 9.17) is 23.2 Å². The van der Waals surface area contributed by atoms with Crippen LogP contribution in [0.1, 0.15) is 74.9 Å². The first kappa shape index (κ1) is 31.3. The van der Waals surface area contributed by atoms with Gasteiger partial charge in [-0.25, -0.2) is 0 Å². The van der Waals surface area contributed by atoms with Gasteiger partial charge in [-0.15, -0.1) is 0 Å². The Morgan fingerprint density at radius 3 is 1.70 bits per heavy atom. The zero-order valence-corrected chi connectivity index (χ0v) is 26.4. The van der Waals surface area contributed by atoms with E-state index in [-0.39, 0.29) is 10.8 Å². The molecular formula is C36H40Cl2N2. The Hall–Kier alpha value is -3.20. The number of para-hydroxylation sites is 2. The molecule has 0 radical (unpaired) electrons. The third-order valence-electron chi connectivity index (χ3n) is 6.54. The summed E-state index contributed by atoms with van der Waals surface area (Å²) in [5.74, 6) is 0. The van der Waals surface area contributed by atoms with Crippen molar-refractivity contribution in [1.82, 2.24) is 0 Å². The Balaban J connectivity index is 0.000000225. The van der Waals surface area contributed by atoms with Gasteiger partial charge >= 0.3 is 0 Å². The van der Waals surface area contributed by atoms with Gasteiger partial charge in [-0.2, -0.15) is 0 Å². The van der Waals surface area contributed by atoms with E-state index in [0.29, 0.717) is 10.0 Å². The first-order chi connectivity index (χ1) is 18.7. The zero-order chi connectivity index (χ0) is 29.5. The van der Waals surface area contributed by atoms with Crippen LogP contribution in [-0.2, 0) is 10.8 Å². The van der Waals surface area contributed by atoms with Gasteiger partial charge in [0.05, 0.1) is 16.4 Å². The van der Waals surface area contributed by atoms with E-state index in [9.17, 15) is 0 Å². The molecule has 0 amide bonds. The molecule has 0 bridgehead atoms. The molecule has 0 aliphatic rings. The Bertz CT molecular complexity index is 1440. The van der Waals surface area contributed by atoms with Crippen LogP contribution in [-0.4, -0.2) is 12.4 Å². The summed E-state index contributed by atoms with van der Waals surface area (Å²) in [6.45, 7) is 17.6. The lowest BCUT2D eigenvalue weighted by atomic mass is 9.79. The van der Waals surface area contributed by atoms with Crippen molar-refractivity contribution in [2.75, 3.05) is 0 Å². The Morgan fingerprint density at radius 1 is 0.600 bits per heavy atom. The number of hydrogen-bond donors (Lipinski definition) is 0. The molecule has 4 rings (SSSR count). The van der Waals surface area contributed by atoms with Crippen LogP contribution in [0.3, 0.4) is 0 Å². The lowest BCUT2D eigenvalue weighted by Crippen LogP contribution is -2.17. The highest BCUT2D eigenvalue weighted by Gasteiger charge is 2.20. The smallest absolute Gasteiger partial charge is 0.0688 e. The second-order valence-corrected chi connectivity index (χ2v) is 12.9. The maximum absolute atomic E-state index is 6.10. The molecule has 2 nitrogen and oxygen atoms in total. The normalized spacial score (nSPS) is 12.1. The van der Waals surface area contributed by atoms with Gasteiger partial charge < -0.3 is 0 Å². The molecule has 0 unspecified atom stereocenters. The Labute approximate surface area is 250 Å². The fourth-order valence-electron chi connectivity index (χ4n) is 4.00. The highest BCUT2D eigenvalue weighted by molar-refractivity contribution is 6.36. The molecule has 0 spiro atoms. The summed E-state index contributed by atoms with van der Waals surface area (Å²) in [7, 11) is 0. The predicted octanol–water partition coefficient (Wildman–Crippen LogP) is 11.4. The topological polar surface area (TPSA) is 24.7 Å². The van der Waals surface area contributed by atoms with Crippen molar-refractivity contribution in [2.45, 2.75) is 66.2 Å². The molecule has 40 heavy (non-hydrogen) atoms. The lowest BCUT2D eigenvalue weighted by Gasteiger charge is -2.25. The van der Waals surface area contributed by atoms with E-state index in [0.717, 1.165) is 28.1 Å². The SMILES string of the molecule is CC(C)(C)c1cc(C=Nc2ccccc2)cc(C(C)(C)C)c1.Cc1cccc(C)c1N=Cc1ccc(Cl)cc1Cl. The highest BCUT2D eigenvalue weighted by atomic mass is 35.5. The van der Waals surface area contributed by atoms with E-state index in [2.05, 4.69) is 69.7 Å². The minimum Gasteiger partial charge on any atom is -0.256 e. The van der Waals surface area contributed by atoms with Gasteiger partial charge in [-0.3, -0.25) is 9.98 Å². The minimum atomic E-state index is 0.136. The van der Waals surface area contributed by atoms with Crippen LogP contribution in [0.5, 0.6) is 0 Å². The zero-order valence-electron chi connectivity index (χ0n) is 24.9. The van der Waals surface area contributed by atoms with E-state index >= 15 is 0 Å². The van der Waals surface area contributed by atoms with Gasteiger partial charge in [0.25, 0.3) is 0 Å². The summed E-state index contributed by atoms with van der Waals surface area (Å²) in [6, 6.07) is 28.4. The number of aryl methyl sites for hydroxylation is 2. The van der Waals surface area contributed by atoms with Gasteiger partial charge in [0.15, 0.2) is 0 Å². The van der Waals surface area contributed by atoms with Crippen molar-refractivity contribution in [2.24, 2.45) is 9.98 Å². The van der Waals surface area contributed by atoms with Gasteiger partial charge in [0.2, 0.25) is 0 Å². The second kappa shape index (κ2) is 13.4. The van der Waals surface area contributed by atoms with Crippen molar-refractivity contribution in [1.29, 1.82) is 0 Å². The minimum absolute atomic E-state index is 0.136. The molecule has 4 aromatic rings. The van der Waals surface area contributed by atoms with Crippen molar-refractivity contribution in [3.05, 3.63) is 128 Å². The Kier molecular flexibility index (Phi) is 10.5. The fraction of sp³-hybridized carbons (Fsp3) is 0.278. The summed E-state index contributed by atoms with van der Waals surface area (Å²) in [5.41, 5.74) is 9.29. The summed E-state index contributed by atoms with van der Waals surface area (Å²) in [6.07, 6.45) is 3.74. The van der Waals surface area contributed by atoms with Crippen LogP contribution < -0.4 is 0 Å². The maximum atomic E-state index is 6.10. The van der Waals surface area contributed by atoms with Crippen LogP contribution in [0.15, 0.2) is 94.9 Å². The average molecular weight is 572 g/mol. The summed E-state index contributed by atoms with van der Waals surface area (Å²) < 4.78 is 0. The number of hydrogen-bond acceptors (Lipinski definition) is 2. The van der Waals surface area contributed by atoms with Crippen LogP contribution >= 0.6 is 23.2 Å². The number of aliphatic imine (C=N–C) groups is 2. The molecule has 0 fully saturated rings. The number of benzene rings is 4. The first-order valence-corrected chi connectivity index (χ1v) is 14.3. The van der Waals surface area contributed by atoms with Crippen molar-refractivity contribution < 1.29 is 0 Å². The molecule has 208 valence electrons. The van der Waals surface area contributed by atoms with Gasteiger partial charge in [0, 0.05) is 23.0 Å². The molecule has 0 aromatic heterocycles. The van der Waals surface area contributed by atoms with E-state index in [1.54, 1.807) is 18.3 Å². The van der Waals surface area contributed by atoms with E-state index < -0.39 is 0 Å². The predicted molar refractivity (Wildman–Crippen MR) is 177 cm³/mol. The molecular weight excluding hydrogens is 531 g/mol. The molecule has 0 saturated carbocycles. The maximum Gasteiger partial charge on any atom is 0.0688 e. The molecule has 0 heterocycles. The molecule has 0 aliphatic heterocycles. The molecule has 0 atom stereocenters. The third kappa shape index (κ3) is 9.18. The van der Waals surface area contributed by atoms with Gasteiger partial charge in [0.1, 0.15) is 0 Å². The van der Waals surface area contributed by atoms with Crippen LogP contribution in [0, 0.1) is 13.8 Å². The van der Waals surface area contributed by atoms with Crippen molar-refractivity contribution in [3.8, 4) is 0 Å². The quantitative estimate of drug-likeness (QED) is 0.218. The largest absolute Gasteiger partial charge is 0.256 e.